The molecule has 0 N–H and O–H groups in total. The van der Waals surface area contributed by atoms with Gasteiger partial charge in [0.15, 0.2) is 0 Å². The smallest absolute Gasteiger partial charge is 0.325 e. The summed E-state index contributed by atoms with van der Waals surface area (Å²) in [6, 6.07) is 0. The topological polar surface area (TPSA) is 55.8 Å². The molecule has 0 aliphatic carbocycles. The second kappa shape index (κ2) is 5.70. The van der Waals surface area contributed by atoms with Crippen molar-refractivity contribution in [2.24, 2.45) is 0 Å². The zero-order chi connectivity index (χ0) is 11.3. The summed E-state index contributed by atoms with van der Waals surface area (Å²) in [7, 11) is 2.88. The molecule has 0 aromatic heterocycles. The van der Waals surface area contributed by atoms with Crippen LogP contribution in [0.2, 0.25) is 0 Å². The average Bonchev–Trinajstić information content (AvgIpc) is 2.29. The Morgan fingerprint density at radius 1 is 1.47 bits per heavy atom. The first-order valence-electron chi connectivity index (χ1n) is 5.08. The first-order valence-corrected chi connectivity index (χ1v) is 5.08. The molecule has 0 saturated carbocycles. The van der Waals surface area contributed by atoms with Crippen molar-refractivity contribution < 1.29 is 19.1 Å². The van der Waals surface area contributed by atoms with Crippen LogP contribution in [-0.2, 0) is 19.1 Å². The van der Waals surface area contributed by atoms with Crippen LogP contribution in [0.4, 0.5) is 0 Å². The largest absolute Gasteiger partial charge is 0.468 e. The van der Waals surface area contributed by atoms with Crippen LogP contribution in [0, 0.1) is 0 Å². The van der Waals surface area contributed by atoms with Crippen molar-refractivity contribution >= 4 is 11.9 Å². The van der Waals surface area contributed by atoms with Crippen LogP contribution in [0.15, 0.2) is 0 Å². The molecule has 5 heteroatoms. The van der Waals surface area contributed by atoms with Gasteiger partial charge in [-0.3, -0.25) is 9.59 Å². The fourth-order valence-electron chi connectivity index (χ4n) is 1.52. The molecule has 1 rings (SSSR count). The molecule has 1 fully saturated rings. The van der Waals surface area contributed by atoms with E-state index < -0.39 is 5.97 Å². The van der Waals surface area contributed by atoms with Gasteiger partial charge >= 0.3 is 5.97 Å². The van der Waals surface area contributed by atoms with Gasteiger partial charge in [0.1, 0.15) is 12.6 Å². The van der Waals surface area contributed by atoms with Crippen LogP contribution < -0.4 is 0 Å². The highest BCUT2D eigenvalue weighted by Crippen LogP contribution is 2.14. The minimum Gasteiger partial charge on any atom is -0.468 e. The van der Waals surface area contributed by atoms with E-state index in [4.69, 9.17) is 4.74 Å². The van der Waals surface area contributed by atoms with Crippen LogP contribution in [0.5, 0.6) is 0 Å². The van der Waals surface area contributed by atoms with E-state index in [0.717, 1.165) is 19.3 Å². The van der Waals surface area contributed by atoms with Gasteiger partial charge in [0, 0.05) is 13.7 Å². The van der Waals surface area contributed by atoms with Crippen LogP contribution in [0.25, 0.3) is 0 Å². The molecule has 0 bridgehead atoms. The van der Waals surface area contributed by atoms with Gasteiger partial charge in [-0.1, -0.05) is 0 Å². The van der Waals surface area contributed by atoms with Crippen LogP contribution in [-0.4, -0.2) is 50.2 Å². The summed E-state index contributed by atoms with van der Waals surface area (Å²) in [6.07, 6.45) is 2.37. The molecule has 1 aliphatic heterocycles. The Kier molecular flexibility index (Phi) is 4.55. The molecule has 1 heterocycles. The highest BCUT2D eigenvalue weighted by atomic mass is 16.5. The first kappa shape index (κ1) is 12.0. The van der Waals surface area contributed by atoms with E-state index in [9.17, 15) is 9.59 Å². The van der Waals surface area contributed by atoms with Crippen LogP contribution in [0.1, 0.15) is 19.3 Å². The Morgan fingerprint density at radius 2 is 2.20 bits per heavy atom. The van der Waals surface area contributed by atoms with E-state index in [1.807, 2.05) is 0 Å². The average molecular weight is 215 g/mol. The Balaban J connectivity index is 2.40. The summed E-state index contributed by atoms with van der Waals surface area (Å²) in [5.74, 6) is -0.554. The quantitative estimate of drug-likeness (QED) is 0.630. The summed E-state index contributed by atoms with van der Waals surface area (Å²) < 4.78 is 9.82. The highest BCUT2D eigenvalue weighted by Gasteiger charge is 2.25. The molecule has 0 radical (unpaired) electrons. The standard InChI is InChI=1S/C10H17NO4/c1-11(7-9(12)14-2)10(13)8-5-3-4-6-15-8/h8H,3-7H2,1-2H3. The monoisotopic (exact) mass is 215 g/mol. The number of ether oxygens (including phenoxy) is 2. The summed E-state index contributed by atoms with van der Waals surface area (Å²) in [4.78, 5) is 24.0. The molecule has 0 spiro atoms. The van der Waals surface area contributed by atoms with Gasteiger partial charge in [0.2, 0.25) is 0 Å². The van der Waals surface area contributed by atoms with Crippen LogP contribution >= 0.6 is 0 Å². The minimum atomic E-state index is -0.415. The SMILES string of the molecule is COC(=O)CN(C)C(=O)C1CCCCO1. The lowest BCUT2D eigenvalue weighted by atomic mass is 10.1. The number of amides is 1. The van der Waals surface area contributed by atoms with Gasteiger partial charge in [-0.05, 0) is 19.3 Å². The number of nitrogens with zero attached hydrogens (tertiary/aromatic N) is 1. The summed E-state index contributed by atoms with van der Waals surface area (Å²) in [6.45, 7) is 0.609. The maximum absolute atomic E-state index is 11.7. The molecule has 1 saturated heterocycles. The van der Waals surface area contributed by atoms with Crippen molar-refractivity contribution in [3.05, 3.63) is 0 Å². The lowest BCUT2D eigenvalue weighted by Crippen LogP contribution is -2.42. The fraction of sp³-hybridized carbons (Fsp3) is 0.800. The molecule has 1 atom stereocenters. The molecular formula is C10H17NO4. The number of hydrogen-bond acceptors (Lipinski definition) is 4. The number of rotatable bonds is 3. The number of esters is 1. The van der Waals surface area contributed by atoms with Crippen molar-refractivity contribution in [2.45, 2.75) is 25.4 Å². The van der Waals surface area contributed by atoms with Gasteiger partial charge in [-0.15, -0.1) is 0 Å². The lowest BCUT2D eigenvalue weighted by Gasteiger charge is -2.25. The molecule has 15 heavy (non-hydrogen) atoms. The van der Waals surface area contributed by atoms with E-state index in [2.05, 4.69) is 4.74 Å². The number of likely N-dealkylation sites (N-methyl/N-ethyl adjacent to an activating group) is 1. The maximum Gasteiger partial charge on any atom is 0.325 e. The zero-order valence-corrected chi connectivity index (χ0v) is 9.19. The number of methoxy groups -OCH3 is 1. The van der Waals surface area contributed by atoms with E-state index in [-0.39, 0.29) is 18.6 Å². The zero-order valence-electron chi connectivity index (χ0n) is 9.19. The van der Waals surface area contributed by atoms with Gasteiger partial charge in [0.25, 0.3) is 5.91 Å². The van der Waals surface area contributed by atoms with Crippen molar-refractivity contribution in [2.75, 3.05) is 27.3 Å². The molecule has 0 aromatic rings. The molecule has 1 unspecified atom stereocenters. The lowest BCUT2D eigenvalue weighted by molar-refractivity contribution is -0.152. The van der Waals surface area contributed by atoms with E-state index in [0.29, 0.717) is 6.61 Å². The normalized spacial score (nSPS) is 20.8. The molecular weight excluding hydrogens is 198 g/mol. The van der Waals surface area contributed by atoms with E-state index in [1.165, 1.54) is 12.0 Å². The number of hydrogen-bond donors (Lipinski definition) is 0. The van der Waals surface area contributed by atoms with Crippen molar-refractivity contribution in [3.8, 4) is 0 Å². The van der Waals surface area contributed by atoms with Crippen molar-refractivity contribution in [1.29, 1.82) is 0 Å². The van der Waals surface area contributed by atoms with Gasteiger partial charge in [-0.2, -0.15) is 0 Å². The third-order valence-corrected chi connectivity index (χ3v) is 2.43. The molecule has 5 nitrogen and oxygen atoms in total. The predicted molar refractivity (Wildman–Crippen MR) is 53.2 cm³/mol. The highest BCUT2D eigenvalue weighted by molar-refractivity contribution is 5.84. The van der Waals surface area contributed by atoms with Crippen LogP contribution in [0.3, 0.4) is 0 Å². The number of carbonyl (C=O) groups excluding carboxylic acids is 2. The van der Waals surface area contributed by atoms with E-state index in [1.54, 1.807) is 7.05 Å². The second-order valence-corrected chi connectivity index (χ2v) is 3.63. The minimum absolute atomic E-state index is 0.0187. The second-order valence-electron chi connectivity index (χ2n) is 3.63. The summed E-state index contributed by atoms with van der Waals surface area (Å²) in [5.41, 5.74) is 0. The van der Waals surface area contributed by atoms with Crippen molar-refractivity contribution in [1.82, 2.24) is 4.90 Å². The summed E-state index contributed by atoms with van der Waals surface area (Å²) in [5, 5.41) is 0. The third kappa shape index (κ3) is 3.51. The van der Waals surface area contributed by atoms with E-state index >= 15 is 0 Å². The molecule has 0 aromatic carbocycles. The maximum atomic E-state index is 11.7. The Labute approximate surface area is 89.3 Å². The Bertz CT molecular complexity index is 236. The third-order valence-electron chi connectivity index (χ3n) is 2.43. The Morgan fingerprint density at radius 3 is 2.73 bits per heavy atom. The van der Waals surface area contributed by atoms with Gasteiger partial charge < -0.3 is 14.4 Å². The Hall–Kier alpha value is -1.10. The fourth-order valence-corrected chi connectivity index (χ4v) is 1.52. The predicted octanol–water partition coefficient (Wildman–Crippen LogP) is 0.187. The van der Waals surface area contributed by atoms with Gasteiger partial charge in [0.05, 0.1) is 7.11 Å². The first-order chi connectivity index (χ1) is 7.15. The summed E-state index contributed by atoms with van der Waals surface area (Å²) >= 11 is 0. The van der Waals surface area contributed by atoms with Crippen molar-refractivity contribution in [3.63, 3.8) is 0 Å². The number of carbonyl (C=O) groups is 2. The molecule has 1 aliphatic rings. The molecule has 86 valence electrons. The van der Waals surface area contributed by atoms with Gasteiger partial charge in [-0.25, -0.2) is 0 Å². The molecule has 1 amide bonds.